The van der Waals surface area contributed by atoms with E-state index >= 15 is 0 Å². The molecule has 0 aliphatic carbocycles. The van der Waals surface area contributed by atoms with E-state index in [1.165, 1.54) is 12.1 Å². The first-order valence-electron chi connectivity index (χ1n) is 6.30. The predicted molar refractivity (Wildman–Crippen MR) is 81.5 cm³/mol. The maximum absolute atomic E-state index is 10.6. The van der Waals surface area contributed by atoms with Crippen molar-refractivity contribution >= 4 is 19.0 Å². The van der Waals surface area contributed by atoms with Gasteiger partial charge in [0.05, 0.1) is 0 Å². The maximum atomic E-state index is 10.6. The van der Waals surface area contributed by atoms with Crippen molar-refractivity contribution < 1.29 is 19.1 Å². The Kier molecular flexibility index (Phi) is 3.57. The highest BCUT2D eigenvalue weighted by Gasteiger charge is 2.18. The van der Waals surface area contributed by atoms with E-state index in [4.69, 9.17) is 4.89 Å². The average molecular weight is 299 g/mol. The zero-order valence-corrected chi connectivity index (χ0v) is 11.8. The molecule has 3 aromatic rings. The zero-order chi connectivity index (χ0) is 14.8. The molecule has 1 atom stereocenters. The molecule has 0 bridgehead atoms. The highest BCUT2D eigenvalue weighted by molar-refractivity contribution is 7.32. The molecule has 0 saturated heterocycles. The fourth-order valence-electron chi connectivity index (χ4n) is 2.23. The van der Waals surface area contributed by atoms with Gasteiger partial charge in [0.25, 0.3) is 0 Å². The molecule has 0 aromatic heterocycles. The summed E-state index contributed by atoms with van der Waals surface area (Å²) >= 11 is 0. The number of hydrogen-bond acceptors (Lipinski definition) is 3. The summed E-state index contributed by atoms with van der Waals surface area (Å²) in [7, 11) is -2.79. The quantitative estimate of drug-likeness (QED) is 0.710. The third-order valence-corrected chi connectivity index (χ3v) is 3.57. The van der Waals surface area contributed by atoms with Crippen molar-refractivity contribution in [2.24, 2.45) is 0 Å². The molecule has 0 aliphatic rings. The monoisotopic (exact) mass is 299 g/mol. The smallest absolute Gasteiger partial charge is 0.504 e. The van der Waals surface area contributed by atoms with Crippen molar-refractivity contribution in [1.29, 1.82) is 0 Å². The van der Waals surface area contributed by atoms with E-state index < -0.39 is 8.25 Å². The van der Waals surface area contributed by atoms with Gasteiger partial charge in [-0.1, -0.05) is 42.5 Å². The van der Waals surface area contributed by atoms with Gasteiger partial charge in [0, 0.05) is 4.57 Å². The van der Waals surface area contributed by atoms with Gasteiger partial charge in [-0.15, -0.1) is 4.89 Å². The lowest BCUT2D eigenvalue weighted by Crippen LogP contribution is -1.84. The summed E-state index contributed by atoms with van der Waals surface area (Å²) in [5.74, 6) is -0.179. The first kappa shape index (κ1) is 13.6. The van der Waals surface area contributed by atoms with Gasteiger partial charge in [-0.25, -0.2) is 4.52 Å². The van der Waals surface area contributed by atoms with E-state index in [2.05, 4.69) is 4.52 Å². The number of phenolic OH excluding ortho intramolecular Hbond substituents is 1. The number of rotatable bonds is 3. The lowest BCUT2D eigenvalue weighted by Gasteiger charge is -2.05. The Bertz CT molecular complexity index is 829. The summed E-state index contributed by atoms with van der Waals surface area (Å²) < 4.78 is 15.3. The van der Waals surface area contributed by atoms with Crippen LogP contribution < -0.4 is 4.52 Å². The maximum Gasteiger partial charge on any atom is 0.747 e. The van der Waals surface area contributed by atoms with E-state index in [-0.39, 0.29) is 11.5 Å². The number of hydrogen-bond donors (Lipinski definition) is 2. The molecule has 1 unspecified atom stereocenters. The Labute approximate surface area is 122 Å². The SMILES string of the molecule is O=[P+](O)Oc1ccc(-c2ccc3ccccc3c2)cc1O. The highest BCUT2D eigenvalue weighted by Crippen LogP contribution is 2.36. The highest BCUT2D eigenvalue weighted by atomic mass is 31.1. The summed E-state index contributed by atoms with van der Waals surface area (Å²) in [5, 5.41) is 12.1. The van der Waals surface area contributed by atoms with E-state index in [1.54, 1.807) is 6.07 Å². The second-order valence-corrected chi connectivity index (χ2v) is 5.23. The minimum Gasteiger partial charge on any atom is -0.504 e. The summed E-state index contributed by atoms with van der Waals surface area (Å²) in [6, 6.07) is 18.7. The molecule has 2 N–H and O–H groups in total. The Hall–Kier alpha value is -2.42. The molecule has 0 heterocycles. The second-order valence-electron chi connectivity index (χ2n) is 4.57. The molecule has 0 aliphatic heterocycles. The number of aromatic hydroxyl groups is 1. The largest absolute Gasteiger partial charge is 0.747 e. The van der Waals surface area contributed by atoms with Crippen LogP contribution in [0.15, 0.2) is 60.7 Å². The molecule has 0 fully saturated rings. The molecule has 0 spiro atoms. The lowest BCUT2D eigenvalue weighted by atomic mass is 10.0. The van der Waals surface area contributed by atoms with Crippen molar-refractivity contribution in [2.45, 2.75) is 0 Å². The van der Waals surface area contributed by atoms with Gasteiger partial charge in [-0.05, 0) is 40.1 Å². The molecule has 0 amide bonds. The number of fused-ring (bicyclic) bond motifs is 1. The minimum absolute atomic E-state index is 0.0110. The first-order chi connectivity index (χ1) is 10.1. The molecular formula is C16H12O4P+. The van der Waals surface area contributed by atoms with E-state index in [0.29, 0.717) is 0 Å². The Morgan fingerprint density at radius 3 is 2.24 bits per heavy atom. The van der Waals surface area contributed by atoms with Crippen LogP contribution in [0.2, 0.25) is 0 Å². The lowest BCUT2D eigenvalue weighted by molar-refractivity contribution is 0.389. The van der Waals surface area contributed by atoms with Crippen molar-refractivity contribution in [3.8, 4) is 22.6 Å². The molecule has 3 rings (SSSR count). The van der Waals surface area contributed by atoms with Crippen molar-refractivity contribution in [3.63, 3.8) is 0 Å². The summed E-state index contributed by atoms with van der Waals surface area (Å²) in [6.45, 7) is 0. The minimum atomic E-state index is -2.79. The second kappa shape index (κ2) is 5.52. The van der Waals surface area contributed by atoms with Crippen molar-refractivity contribution in [2.75, 3.05) is 0 Å². The van der Waals surface area contributed by atoms with Gasteiger partial charge in [0.1, 0.15) is 0 Å². The molecular weight excluding hydrogens is 287 g/mol. The van der Waals surface area contributed by atoms with E-state index in [9.17, 15) is 9.67 Å². The third kappa shape index (κ3) is 2.87. The van der Waals surface area contributed by atoms with E-state index in [1.807, 2.05) is 42.5 Å². The van der Waals surface area contributed by atoms with Crippen LogP contribution in [0.3, 0.4) is 0 Å². The van der Waals surface area contributed by atoms with Gasteiger partial charge in [0.15, 0.2) is 5.75 Å². The summed E-state index contributed by atoms with van der Waals surface area (Å²) in [5.41, 5.74) is 1.75. The van der Waals surface area contributed by atoms with Crippen LogP contribution in [0.1, 0.15) is 0 Å². The predicted octanol–water partition coefficient (Wildman–Crippen LogP) is 4.24. The first-order valence-corrected chi connectivity index (χ1v) is 7.43. The van der Waals surface area contributed by atoms with Crippen LogP contribution in [-0.4, -0.2) is 10.00 Å². The topological polar surface area (TPSA) is 66.8 Å². The van der Waals surface area contributed by atoms with Gasteiger partial charge in [-0.2, -0.15) is 0 Å². The van der Waals surface area contributed by atoms with Crippen LogP contribution in [-0.2, 0) is 4.57 Å². The molecule has 3 aromatic carbocycles. The number of benzene rings is 3. The summed E-state index contributed by atoms with van der Waals surface area (Å²) in [6.07, 6.45) is 0. The standard InChI is InChI=1S/C16H11O4P/c17-15-10-14(7-8-16(15)20-21(18)19)13-6-5-11-3-1-2-4-12(11)9-13/h1-10H,(H-,17,18,19)/p+1. The molecule has 5 heteroatoms. The van der Waals surface area contributed by atoms with Crippen molar-refractivity contribution in [1.82, 2.24) is 0 Å². The Morgan fingerprint density at radius 1 is 0.857 bits per heavy atom. The van der Waals surface area contributed by atoms with Crippen LogP contribution in [0.5, 0.6) is 11.5 Å². The normalized spacial score (nSPS) is 11.4. The molecule has 104 valence electrons. The fourth-order valence-corrected chi connectivity index (χ4v) is 2.55. The van der Waals surface area contributed by atoms with E-state index in [0.717, 1.165) is 21.9 Å². The van der Waals surface area contributed by atoms with Gasteiger partial charge < -0.3 is 5.11 Å². The average Bonchev–Trinajstić information content (AvgIpc) is 2.48. The van der Waals surface area contributed by atoms with Gasteiger partial charge in [0.2, 0.25) is 5.75 Å². The van der Waals surface area contributed by atoms with Gasteiger partial charge in [-0.3, -0.25) is 0 Å². The zero-order valence-electron chi connectivity index (χ0n) is 10.9. The molecule has 0 saturated carbocycles. The summed E-state index contributed by atoms with van der Waals surface area (Å²) in [4.78, 5) is 8.71. The van der Waals surface area contributed by atoms with Crippen LogP contribution >= 0.6 is 8.25 Å². The van der Waals surface area contributed by atoms with Crippen LogP contribution in [0.25, 0.3) is 21.9 Å². The Balaban J connectivity index is 2.02. The van der Waals surface area contributed by atoms with Gasteiger partial charge >= 0.3 is 8.25 Å². The number of phenols is 1. The Morgan fingerprint density at radius 2 is 1.52 bits per heavy atom. The molecule has 0 radical (unpaired) electrons. The third-order valence-electron chi connectivity index (χ3n) is 3.22. The fraction of sp³-hybridized carbons (Fsp3) is 0. The molecule has 4 nitrogen and oxygen atoms in total. The van der Waals surface area contributed by atoms with Crippen molar-refractivity contribution in [3.05, 3.63) is 60.7 Å². The van der Waals surface area contributed by atoms with Crippen LogP contribution in [0.4, 0.5) is 0 Å². The van der Waals surface area contributed by atoms with Crippen LogP contribution in [0, 0.1) is 0 Å². The molecule has 21 heavy (non-hydrogen) atoms.